The molecule has 0 radical (unpaired) electrons. The van der Waals surface area contributed by atoms with Crippen molar-refractivity contribution in [3.8, 4) is 0 Å². The lowest BCUT2D eigenvalue weighted by Gasteiger charge is -2.55. The molecule has 4 aliphatic carbocycles. The van der Waals surface area contributed by atoms with E-state index in [-0.39, 0.29) is 5.91 Å². The second-order valence-electron chi connectivity index (χ2n) is 9.06. The highest BCUT2D eigenvalue weighted by Crippen LogP contribution is 2.60. The number of methoxy groups -OCH3 is 3. The van der Waals surface area contributed by atoms with Gasteiger partial charge in [0.2, 0.25) is 5.91 Å². The molecule has 8 heteroatoms. The Balaban J connectivity index is 1.82. The van der Waals surface area contributed by atoms with Gasteiger partial charge in [0.05, 0.1) is 21.3 Å². The van der Waals surface area contributed by atoms with E-state index in [1.165, 1.54) is 26.4 Å². The predicted molar refractivity (Wildman–Crippen MR) is 101 cm³/mol. The molecule has 0 aromatic heterocycles. The fourth-order valence-electron chi connectivity index (χ4n) is 6.19. The van der Waals surface area contributed by atoms with E-state index in [0.29, 0.717) is 17.8 Å². The summed E-state index contributed by atoms with van der Waals surface area (Å²) in [5.41, 5.74) is -0.466. The summed E-state index contributed by atoms with van der Waals surface area (Å²) in [7, 11) is 3.53. The Kier molecular flexibility index (Phi) is 6.19. The Labute approximate surface area is 171 Å². The first-order valence-corrected chi connectivity index (χ1v) is 10.3. The van der Waals surface area contributed by atoms with Gasteiger partial charge in [-0.1, -0.05) is 6.92 Å². The number of carbonyl (C=O) groups is 4. The molecule has 2 atom stereocenters. The highest BCUT2D eigenvalue weighted by molar-refractivity contribution is 5.96. The number of ether oxygens (including phenoxy) is 3. The molecule has 162 valence electrons. The van der Waals surface area contributed by atoms with Gasteiger partial charge in [0.1, 0.15) is 6.04 Å². The van der Waals surface area contributed by atoms with Crippen LogP contribution < -0.4 is 5.32 Å². The van der Waals surface area contributed by atoms with Crippen LogP contribution in [-0.4, -0.2) is 51.2 Å². The van der Waals surface area contributed by atoms with Crippen molar-refractivity contribution >= 4 is 23.8 Å². The Hall–Kier alpha value is -2.12. The lowest BCUT2D eigenvalue weighted by Crippen LogP contribution is -2.58. The van der Waals surface area contributed by atoms with E-state index in [1.807, 2.05) is 0 Å². The van der Waals surface area contributed by atoms with Gasteiger partial charge < -0.3 is 19.5 Å². The zero-order chi connectivity index (χ0) is 21.3. The van der Waals surface area contributed by atoms with Gasteiger partial charge in [0.15, 0.2) is 5.92 Å². The Bertz CT molecular complexity index is 637. The third kappa shape index (κ3) is 3.98. The molecule has 4 rings (SSSR count). The highest BCUT2D eigenvalue weighted by Gasteiger charge is 2.55. The standard InChI is InChI=1S/C21H31NO7/c1-11(15(17(23)27-2)18(24)28-3)16(19(25)29-4)22-20(26)21-8-12-5-13(9-21)7-14(6-12)10-21/h11-16H,5-10H2,1-4H3,(H,22,26)/t11-,12?,13?,14?,16+,21?/m1/s1. The van der Waals surface area contributed by atoms with E-state index in [1.54, 1.807) is 6.92 Å². The Morgan fingerprint density at radius 3 is 1.59 bits per heavy atom. The number of nitrogens with one attached hydrogen (secondary N) is 1. The van der Waals surface area contributed by atoms with Gasteiger partial charge in [-0.25, -0.2) is 4.79 Å². The van der Waals surface area contributed by atoms with Crippen LogP contribution in [0, 0.1) is 35.0 Å². The molecule has 29 heavy (non-hydrogen) atoms. The summed E-state index contributed by atoms with van der Waals surface area (Å²) in [6, 6.07) is -1.15. The van der Waals surface area contributed by atoms with Gasteiger partial charge in [0.25, 0.3) is 0 Å². The van der Waals surface area contributed by atoms with Crippen LogP contribution in [0.1, 0.15) is 45.4 Å². The van der Waals surface area contributed by atoms with E-state index >= 15 is 0 Å². The summed E-state index contributed by atoms with van der Waals surface area (Å²) in [5, 5.41) is 2.83. The van der Waals surface area contributed by atoms with E-state index < -0.39 is 41.2 Å². The summed E-state index contributed by atoms with van der Waals surface area (Å²) in [6.45, 7) is 1.54. The molecule has 4 aliphatic rings. The maximum Gasteiger partial charge on any atom is 0.328 e. The van der Waals surface area contributed by atoms with E-state index in [4.69, 9.17) is 14.2 Å². The van der Waals surface area contributed by atoms with Crippen LogP contribution >= 0.6 is 0 Å². The number of hydrogen-bond donors (Lipinski definition) is 1. The Morgan fingerprint density at radius 1 is 0.793 bits per heavy atom. The maximum absolute atomic E-state index is 13.4. The SMILES string of the molecule is COC(=O)C(C(=O)OC)[C@@H](C)[C@H](NC(=O)C12CC3CC(CC(C3)C1)C2)C(=O)OC. The van der Waals surface area contributed by atoms with Crippen molar-refractivity contribution in [2.24, 2.45) is 35.0 Å². The highest BCUT2D eigenvalue weighted by atomic mass is 16.5. The van der Waals surface area contributed by atoms with Crippen molar-refractivity contribution in [2.75, 3.05) is 21.3 Å². The van der Waals surface area contributed by atoms with Crippen LogP contribution in [0.25, 0.3) is 0 Å². The molecule has 4 saturated carbocycles. The van der Waals surface area contributed by atoms with Crippen molar-refractivity contribution in [3.05, 3.63) is 0 Å². The van der Waals surface area contributed by atoms with Crippen LogP contribution in [0.2, 0.25) is 0 Å². The molecule has 0 heterocycles. The van der Waals surface area contributed by atoms with Crippen LogP contribution in [0.4, 0.5) is 0 Å². The number of amides is 1. The molecule has 4 fully saturated rings. The fourth-order valence-corrected chi connectivity index (χ4v) is 6.19. The van der Waals surface area contributed by atoms with E-state index in [9.17, 15) is 19.2 Å². The number of rotatable bonds is 7. The molecular weight excluding hydrogens is 378 g/mol. The van der Waals surface area contributed by atoms with E-state index in [0.717, 1.165) is 33.5 Å². The predicted octanol–water partition coefficient (Wildman–Crippen LogP) is 1.46. The van der Waals surface area contributed by atoms with Gasteiger partial charge in [-0.15, -0.1) is 0 Å². The fraction of sp³-hybridized carbons (Fsp3) is 0.810. The molecule has 0 aliphatic heterocycles. The molecule has 4 bridgehead atoms. The molecule has 0 spiro atoms. The summed E-state index contributed by atoms with van der Waals surface area (Å²) >= 11 is 0. The van der Waals surface area contributed by atoms with Crippen molar-refractivity contribution in [1.29, 1.82) is 0 Å². The number of carbonyl (C=O) groups excluding carboxylic acids is 4. The lowest BCUT2D eigenvalue weighted by atomic mass is 9.49. The minimum absolute atomic E-state index is 0.174. The second kappa shape index (κ2) is 8.32. The normalized spacial score (nSPS) is 31.7. The third-order valence-corrected chi connectivity index (χ3v) is 7.22. The summed E-state index contributed by atoms with van der Waals surface area (Å²) in [5.74, 6) is -3.03. The quantitative estimate of drug-likeness (QED) is 0.385. The molecule has 1 N–H and O–H groups in total. The summed E-state index contributed by atoms with van der Waals surface area (Å²) < 4.78 is 14.3. The molecule has 1 amide bonds. The van der Waals surface area contributed by atoms with Crippen LogP contribution in [-0.2, 0) is 33.4 Å². The number of hydrogen-bond acceptors (Lipinski definition) is 7. The summed E-state index contributed by atoms with van der Waals surface area (Å²) in [4.78, 5) is 50.3. The zero-order valence-electron chi connectivity index (χ0n) is 17.6. The Morgan fingerprint density at radius 2 is 1.21 bits per heavy atom. The second-order valence-corrected chi connectivity index (χ2v) is 9.06. The minimum atomic E-state index is -1.34. The molecule has 8 nitrogen and oxygen atoms in total. The number of esters is 3. The average molecular weight is 409 g/mol. The van der Waals surface area contributed by atoms with Crippen molar-refractivity contribution in [2.45, 2.75) is 51.5 Å². The first kappa shape index (κ1) is 21.6. The molecule has 0 aromatic rings. The first-order valence-electron chi connectivity index (χ1n) is 10.3. The van der Waals surface area contributed by atoms with Gasteiger partial charge >= 0.3 is 17.9 Å². The monoisotopic (exact) mass is 409 g/mol. The lowest BCUT2D eigenvalue weighted by molar-refractivity contribution is -0.165. The van der Waals surface area contributed by atoms with Gasteiger partial charge in [-0.3, -0.25) is 14.4 Å². The average Bonchev–Trinajstić information content (AvgIpc) is 2.69. The molecule has 0 unspecified atom stereocenters. The molecule has 0 aromatic carbocycles. The van der Waals surface area contributed by atoms with Crippen LogP contribution in [0.15, 0.2) is 0 Å². The largest absolute Gasteiger partial charge is 0.468 e. The van der Waals surface area contributed by atoms with Crippen LogP contribution in [0.5, 0.6) is 0 Å². The first-order chi connectivity index (χ1) is 13.7. The smallest absolute Gasteiger partial charge is 0.328 e. The topological polar surface area (TPSA) is 108 Å². The van der Waals surface area contributed by atoms with Gasteiger partial charge in [-0.05, 0) is 56.3 Å². The van der Waals surface area contributed by atoms with Crippen molar-refractivity contribution < 1.29 is 33.4 Å². The van der Waals surface area contributed by atoms with Gasteiger partial charge in [0, 0.05) is 11.3 Å². The van der Waals surface area contributed by atoms with E-state index in [2.05, 4.69) is 5.32 Å². The van der Waals surface area contributed by atoms with Crippen molar-refractivity contribution in [3.63, 3.8) is 0 Å². The summed E-state index contributed by atoms with van der Waals surface area (Å²) in [6.07, 6.45) is 6.09. The van der Waals surface area contributed by atoms with Gasteiger partial charge in [-0.2, -0.15) is 0 Å². The zero-order valence-corrected chi connectivity index (χ0v) is 17.6. The third-order valence-electron chi connectivity index (χ3n) is 7.22. The molecule has 0 saturated heterocycles. The maximum atomic E-state index is 13.4. The minimum Gasteiger partial charge on any atom is -0.468 e. The molecular formula is C21H31NO7. The van der Waals surface area contributed by atoms with Crippen LogP contribution in [0.3, 0.4) is 0 Å². The van der Waals surface area contributed by atoms with Crippen molar-refractivity contribution in [1.82, 2.24) is 5.32 Å².